The molecule has 1 aliphatic rings. The van der Waals surface area contributed by atoms with E-state index in [-0.39, 0.29) is 11.7 Å². The Labute approximate surface area is 107 Å². The fourth-order valence-electron chi connectivity index (χ4n) is 1.58. The van der Waals surface area contributed by atoms with E-state index in [9.17, 15) is 9.18 Å². The van der Waals surface area contributed by atoms with Crippen LogP contribution in [0, 0.1) is 5.82 Å². The Morgan fingerprint density at radius 2 is 2.35 bits per heavy atom. The summed E-state index contributed by atoms with van der Waals surface area (Å²) < 4.78 is 19.2. The maximum Gasteiger partial charge on any atom is 0.319 e. The number of halogens is 2. The van der Waals surface area contributed by atoms with Crippen molar-refractivity contribution in [2.24, 2.45) is 0 Å². The van der Waals surface area contributed by atoms with Crippen molar-refractivity contribution in [3.05, 3.63) is 28.5 Å². The molecule has 0 aromatic heterocycles. The SMILES string of the molecule is O=C(Nc1ccc(Br)cc1F)NC1CCOC1. The number of carbonyl (C=O) groups excluding carboxylic acids is 1. The van der Waals surface area contributed by atoms with Gasteiger partial charge in [0.15, 0.2) is 0 Å². The summed E-state index contributed by atoms with van der Waals surface area (Å²) in [5, 5.41) is 5.18. The normalized spacial score (nSPS) is 19.1. The van der Waals surface area contributed by atoms with Crippen molar-refractivity contribution in [2.75, 3.05) is 18.5 Å². The molecular weight excluding hydrogens is 291 g/mol. The quantitative estimate of drug-likeness (QED) is 0.882. The van der Waals surface area contributed by atoms with Gasteiger partial charge >= 0.3 is 6.03 Å². The Hall–Kier alpha value is -1.14. The first-order valence-electron chi connectivity index (χ1n) is 5.25. The Bertz CT molecular complexity index is 422. The van der Waals surface area contributed by atoms with Crippen LogP contribution in [0.15, 0.2) is 22.7 Å². The van der Waals surface area contributed by atoms with Crippen LogP contribution in [0.3, 0.4) is 0 Å². The van der Waals surface area contributed by atoms with E-state index in [0.717, 1.165) is 6.42 Å². The summed E-state index contributed by atoms with van der Waals surface area (Å²) in [6.07, 6.45) is 0.788. The van der Waals surface area contributed by atoms with Crippen LogP contribution in [0.2, 0.25) is 0 Å². The second kappa shape index (κ2) is 5.46. The number of hydrogen-bond acceptors (Lipinski definition) is 2. The molecule has 2 rings (SSSR count). The second-order valence-corrected chi connectivity index (χ2v) is 4.70. The molecule has 17 heavy (non-hydrogen) atoms. The lowest BCUT2D eigenvalue weighted by Gasteiger charge is -2.12. The van der Waals surface area contributed by atoms with Crippen LogP contribution in [0.4, 0.5) is 14.9 Å². The van der Waals surface area contributed by atoms with Gasteiger partial charge in [0.2, 0.25) is 0 Å². The molecule has 1 aromatic rings. The molecule has 1 fully saturated rings. The van der Waals surface area contributed by atoms with Gasteiger partial charge in [-0.15, -0.1) is 0 Å². The highest BCUT2D eigenvalue weighted by atomic mass is 79.9. The Kier molecular flexibility index (Phi) is 3.96. The third kappa shape index (κ3) is 3.41. The summed E-state index contributed by atoms with van der Waals surface area (Å²) in [5.41, 5.74) is 0.157. The highest BCUT2D eigenvalue weighted by molar-refractivity contribution is 9.10. The lowest BCUT2D eigenvalue weighted by Crippen LogP contribution is -2.38. The van der Waals surface area contributed by atoms with Gasteiger partial charge in [0, 0.05) is 11.1 Å². The molecule has 2 amide bonds. The number of anilines is 1. The Morgan fingerprint density at radius 3 is 3.00 bits per heavy atom. The summed E-state index contributed by atoms with van der Waals surface area (Å²) in [7, 11) is 0. The van der Waals surface area contributed by atoms with Gasteiger partial charge in [0.25, 0.3) is 0 Å². The summed E-state index contributed by atoms with van der Waals surface area (Å²) in [6, 6.07) is 4.06. The monoisotopic (exact) mass is 302 g/mol. The molecule has 4 nitrogen and oxygen atoms in total. The minimum atomic E-state index is -0.475. The first-order valence-corrected chi connectivity index (χ1v) is 6.05. The van der Waals surface area contributed by atoms with Gasteiger partial charge in [-0.1, -0.05) is 15.9 Å². The predicted molar refractivity (Wildman–Crippen MR) is 65.5 cm³/mol. The smallest absolute Gasteiger partial charge is 0.319 e. The van der Waals surface area contributed by atoms with Crippen LogP contribution in [-0.4, -0.2) is 25.3 Å². The molecule has 0 radical (unpaired) electrons. The minimum absolute atomic E-state index is 0.00788. The molecule has 0 aliphatic carbocycles. The molecule has 0 spiro atoms. The average Bonchev–Trinajstić information content (AvgIpc) is 2.75. The fourth-order valence-corrected chi connectivity index (χ4v) is 1.92. The third-order valence-corrected chi connectivity index (χ3v) is 2.94. The van der Waals surface area contributed by atoms with Gasteiger partial charge in [-0.2, -0.15) is 0 Å². The summed E-state index contributed by atoms with van der Waals surface area (Å²) in [5.74, 6) is -0.475. The van der Waals surface area contributed by atoms with Gasteiger partial charge in [0.05, 0.1) is 18.3 Å². The Morgan fingerprint density at radius 1 is 1.53 bits per heavy atom. The van der Waals surface area contributed by atoms with Gasteiger partial charge in [0.1, 0.15) is 5.82 Å². The first kappa shape index (κ1) is 12.3. The Balaban J connectivity index is 1.93. The third-order valence-electron chi connectivity index (χ3n) is 2.44. The molecule has 6 heteroatoms. The lowest BCUT2D eigenvalue weighted by atomic mass is 10.3. The second-order valence-electron chi connectivity index (χ2n) is 3.78. The topological polar surface area (TPSA) is 50.4 Å². The average molecular weight is 303 g/mol. The van der Waals surface area contributed by atoms with E-state index < -0.39 is 11.8 Å². The maximum atomic E-state index is 13.4. The van der Waals surface area contributed by atoms with E-state index in [1.165, 1.54) is 12.1 Å². The predicted octanol–water partition coefficient (Wildman–Crippen LogP) is 2.50. The minimum Gasteiger partial charge on any atom is -0.379 e. The number of benzene rings is 1. The molecule has 2 N–H and O–H groups in total. The highest BCUT2D eigenvalue weighted by Gasteiger charge is 2.18. The zero-order valence-corrected chi connectivity index (χ0v) is 10.6. The van der Waals surface area contributed by atoms with Crippen molar-refractivity contribution in [3.63, 3.8) is 0 Å². The van der Waals surface area contributed by atoms with Crippen molar-refractivity contribution in [1.82, 2.24) is 5.32 Å². The van der Waals surface area contributed by atoms with Crippen LogP contribution < -0.4 is 10.6 Å². The van der Waals surface area contributed by atoms with Crippen LogP contribution in [-0.2, 0) is 4.74 Å². The van der Waals surface area contributed by atoms with Gasteiger partial charge in [-0.25, -0.2) is 9.18 Å². The summed E-state index contributed by atoms with van der Waals surface area (Å²) >= 11 is 3.15. The van der Waals surface area contributed by atoms with E-state index in [1.54, 1.807) is 6.07 Å². The van der Waals surface area contributed by atoms with Crippen LogP contribution in [0.25, 0.3) is 0 Å². The van der Waals surface area contributed by atoms with Crippen molar-refractivity contribution in [2.45, 2.75) is 12.5 Å². The number of amides is 2. The molecule has 92 valence electrons. The van der Waals surface area contributed by atoms with Crippen LogP contribution >= 0.6 is 15.9 Å². The molecule has 1 heterocycles. The lowest BCUT2D eigenvalue weighted by molar-refractivity contribution is 0.189. The van der Waals surface area contributed by atoms with Crippen molar-refractivity contribution in [3.8, 4) is 0 Å². The van der Waals surface area contributed by atoms with E-state index in [0.29, 0.717) is 17.7 Å². The number of rotatable bonds is 2. The number of hydrogen-bond donors (Lipinski definition) is 2. The van der Waals surface area contributed by atoms with Crippen molar-refractivity contribution in [1.29, 1.82) is 0 Å². The number of ether oxygens (including phenoxy) is 1. The number of carbonyl (C=O) groups is 1. The highest BCUT2D eigenvalue weighted by Crippen LogP contribution is 2.19. The molecule has 1 saturated heterocycles. The fraction of sp³-hybridized carbons (Fsp3) is 0.364. The molecule has 1 atom stereocenters. The molecule has 1 unspecified atom stereocenters. The van der Waals surface area contributed by atoms with Gasteiger partial charge < -0.3 is 15.4 Å². The largest absolute Gasteiger partial charge is 0.379 e. The molecular formula is C11H12BrFN2O2. The first-order chi connectivity index (χ1) is 8.15. The summed E-state index contributed by atoms with van der Waals surface area (Å²) in [4.78, 5) is 11.5. The van der Waals surface area contributed by atoms with E-state index >= 15 is 0 Å². The summed E-state index contributed by atoms with van der Waals surface area (Å²) in [6.45, 7) is 1.16. The van der Waals surface area contributed by atoms with Crippen LogP contribution in [0.1, 0.15) is 6.42 Å². The molecule has 0 saturated carbocycles. The van der Waals surface area contributed by atoms with E-state index in [4.69, 9.17) is 4.74 Å². The van der Waals surface area contributed by atoms with Gasteiger partial charge in [-0.3, -0.25) is 0 Å². The zero-order valence-electron chi connectivity index (χ0n) is 9.00. The van der Waals surface area contributed by atoms with E-state index in [2.05, 4.69) is 26.6 Å². The maximum absolute atomic E-state index is 13.4. The standard InChI is InChI=1S/C11H12BrFN2O2/c12-7-1-2-10(9(13)5-7)15-11(16)14-8-3-4-17-6-8/h1-2,5,8H,3-4,6H2,(H2,14,15,16). The van der Waals surface area contributed by atoms with Crippen molar-refractivity contribution < 1.29 is 13.9 Å². The molecule has 0 bridgehead atoms. The van der Waals surface area contributed by atoms with Crippen LogP contribution in [0.5, 0.6) is 0 Å². The number of nitrogens with one attached hydrogen (secondary N) is 2. The van der Waals surface area contributed by atoms with Gasteiger partial charge in [-0.05, 0) is 24.6 Å². The molecule has 1 aromatic carbocycles. The number of urea groups is 1. The molecule has 1 aliphatic heterocycles. The van der Waals surface area contributed by atoms with E-state index in [1.807, 2.05) is 0 Å². The zero-order chi connectivity index (χ0) is 12.3. The van der Waals surface area contributed by atoms with Crippen molar-refractivity contribution >= 4 is 27.6 Å².